The van der Waals surface area contributed by atoms with Gasteiger partial charge in [-0.1, -0.05) is 38.2 Å². The zero-order valence-corrected chi connectivity index (χ0v) is 18.0. The molecule has 0 saturated heterocycles. The largest absolute Gasteiger partial charge is 0.313 e. The summed E-state index contributed by atoms with van der Waals surface area (Å²) in [6.07, 6.45) is 15.2. The third kappa shape index (κ3) is 11.4. The molecule has 27 heavy (non-hydrogen) atoms. The lowest BCUT2D eigenvalue weighted by molar-refractivity contribution is 0.364. The number of hydrogen-bond donors (Lipinski definition) is 1. The molecule has 0 aromatic rings. The predicted octanol–water partition coefficient (Wildman–Crippen LogP) is 5.87. The number of hydrogen-bond acceptors (Lipinski definition) is 3. The van der Waals surface area contributed by atoms with Crippen LogP contribution >= 0.6 is 0 Å². The van der Waals surface area contributed by atoms with Gasteiger partial charge < -0.3 is 10.3 Å². The molecule has 0 fully saturated rings. The van der Waals surface area contributed by atoms with Gasteiger partial charge in [-0.25, -0.2) is 0 Å². The Morgan fingerprint density at radius 2 is 1.85 bits per heavy atom. The van der Waals surface area contributed by atoms with Crippen molar-refractivity contribution < 1.29 is 0 Å². The normalized spacial score (nSPS) is 15.1. The summed E-state index contributed by atoms with van der Waals surface area (Å²) in [6.45, 7) is 14.9. The van der Waals surface area contributed by atoms with E-state index in [2.05, 4.69) is 76.9 Å². The van der Waals surface area contributed by atoms with Gasteiger partial charge in [0, 0.05) is 30.3 Å². The predicted molar refractivity (Wildman–Crippen MR) is 122 cm³/mol. The van der Waals surface area contributed by atoms with E-state index in [0.29, 0.717) is 24.9 Å². The molecule has 0 aliphatic carbocycles. The van der Waals surface area contributed by atoms with Gasteiger partial charge in [-0.2, -0.15) is 0 Å². The second-order valence-corrected chi connectivity index (χ2v) is 7.25. The van der Waals surface area contributed by atoms with Crippen LogP contribution in [0.3, 0.4) is 0 Å². The van der Waals surface area contributed by atoms with Gasteiger partial charge in [0.25, 0.3) is 0 Å². The molecule has 3 heteroatoms. The van der Waals surface area contributed by atoms with Crippen molar-refractivity contribution in [2.75, 3.05) is 20.6 Å². The van der Waals surface area contributed by atoms with Crippen LogP contribution < -0.4 is 0 Å². The number of aliphatic imine (C=N–C) groups is 1. The molecule has 3 atom stereocenters. The van der Waals surface area contributed by atoms with E-state index < -0.39 is 0 Å². The molecule has 0 rings (SSSR count). The second-order valence-electron chi connectivity index (χ2n) is 7.25. The Kier molecular flexibility index (Phi) is 14.0. The first-order valence-corrected chi connectivity index (χ1v) is 9.89. The number of nitrogens with zero attached hydrogens (tertiary/aromatic N) is 2. The first kappa shape index (κ1) is 25.0. The molecule has 1 N–H and O–H groups in total. The summed E-state index contributed by atoms with van der Waals surface area (Å²) in [5.41, 5.74) is 5.85. The summed E-state index contributed by atoms with van der Waals surface area (Å²) in [5, 5.41) is 7.48. The maximum absolute atomic E-state index is 7.48. The molecule has 3 unspecified atom stereocenters. The topological polar surface area (TPSA) is 39.5 Å². The number of unbranched alkanes of at least 4 members (excludes halogenated alkanes) is 1. The van der Waals surface area contributed by atoms with Gasteiger partial charge in [0.1, 0.15) is 0 Å². The molecule has 0 saturated carbocycles. The Balaban J connectivity index is 5.26. The Morgan fingerprint density at radius 1 is 1.15 bits per heavy atom. The van der Waals surface area contributed by atoms with Crippen LogP contribution in [0.4, 0.5) is 0 Å². The molecule has 0 spiro atoms. The van der Waals surface area contributed by atoms with Crippen LogP contribution in [0.15, 0.2) is 59.8 Å². The van der Waals surface area contributed by atoms with E-state index in [9.17, 15) is 0 Å². The standard InChI is InChI=1S/C24H39N3/c1-8-10-11-12-13-18-26-23(16-17-25)19-21(4)24(20(3)9-2)15-14-22(5)27(6)7/h8-9,12-14,17,20-22,25H,1-2,10-11,16,18-19H2,3-7H3. The van der Waals surface area contributed by atoms with E-state index in [1.165, 1.54) is 11.8 Å². The van der Waals surface area contributed by atoms with E-state index in [0.717, 1.165) is 25.0 Å². The van der Waals surface area contributed by atoms with Crippen molar-refractivity contribution in [2.45, 2.75) is 52.5 Å². The van der Waals surface area contributed by atoms with E-state index in [1.807, 2.05) is 12.2 Å². The first-order chi connectivity index (χ1) is 12.9. The van der Waals surface area contributed by atoms with Crippen LogP contribution in [0, 0.1) is 17.2 Å². The van der Waals surface area contributed by atoms with Crippen LogP contribution in [0.25, 0.3) is 0 Å². The Bertz CT molecular complexity index is 574. The molecule has 0 bridgehead atoms. The van der Waals surface area contributed by atoms with Crippen molar-refractivity contribution in [1.82, 2.24) is 4.90 Å². The molecule has 0 amide bonds. The molecule has 3 nitrogen and oxygen atoms in total. The van der Waals surface area contributed by atoms with Gasteiger partial charge >= 0.3 is 0 Å². The SMILES string of the molecule is C=CCCC=CCN=C(CC=N)CC(C)C(=C=CC(C)N(C)C)C(C)C=C. The lowest BCUT2D eigenvalue weighted by Gasteiger charge is -2.20. The Hall–Kier alpha value is -1.96. The fourth-order valence-corrected chi connectivity index (χ4v) is 2.60. The van der Waals surface area contributed by atoms with Crippen LogP contribution in [-0.4, -0.2) is 43.5 Å². The average Bonchev–Trinajstić information content (AvgIpc) is 2.64. The summed E-state index contributed by atoms with van der Waals surface area (Å²) >= 11 is 0. The number of allylic oxidation sites excluding steroid dienone is 3. The first-order valence-electron chi connectivity index (χ1n) is 9.89. The lowest BCUT2D eigenvalue weighted by Crippen LogP contribution is -2.22. The van der Waals surface area contributed by atoms with Crippen molar-refractivity contribution in [3.8, 4) is 0 Å². The van der Waals surface area contributed by atoms with Crippen LogP contribution in [0.1, 0.15) is 46.5 Å². The molecule has 0 radical (unpaired) electrons. The molecule has 0 aliphatic rings. The van der Waals surface area contributed by atoms with Gasteiger partial charge in [0.05, 0.1) is 6.54 Å². The van der Waals surface area contributed by atoms with Gasteiger partial charge in [-0.3, -0.25) is 4.99 Å². The van der Waals surface area contributed by atoms with Crippen molar-refractivity contribution in [3.63, 3.8) is 0 Å². The summed E-state index contributed by atoms with van der Waals surface area (Å²) < 4.78 is 0. The van der Waals surface area contributed by atoms with E-state index in [1.54, 1.807) is 0 Å². The maximum Gasteiger partial charge on any atom is 0.0569 e. The summed E-state index contributed by atoms with van der Waals surface area (Å²) in [4.78, 5) is 6.87. The van der Waals surface area contributed by atoms with E-state index in [-0.39, 0.29) is 5.92 Å². The fourth-order valence-electron chi connectivity index (χ4n) is 2.60. The highest BCUT2D eigenvalue weighted by molar-refractivity contribution is 5.95. The van der Waals surface area contributed by atoms with Gasteiger partial charge in [0.15, 0.2) is 0 Å². The van der Waals surface area contributed by atoms with E-state index in [4.69, 9.17) is 10.4 Å². The van der Waals surface area contributed by atoms with Crippen LogP contribution in [-0.2, 0) is 0 Å². The molecular weight excluding hydrogens is 330 g/mol. The van der Waals surface area contributed by atoms with Crippen molar-refractivity contribution in [1.29, 1.82) is 5.41 Å². The van der Waals surface area contributed by atoms with Gasteiger partial charge in [-0.05, 0) is 57.8 Å². The maximum atomic E-state index is 7.48. The van der Waals surface area contributed by atoms with E-state index >= 15 is 0 Å². The third-order valence-corrected chi connectivity index (χ3v) is 4.68. The van der Waals surface area contributed by atoms with Crippen LogP contribution in [0.2, 0.25) is 0 Å². The zero-order chi connectivity index (χ0) is 20.7. The van der Waals surface area contributed by atoms with Crippen LogP contribution in [0.5, 0.6) is 0 Å². The highest BCUT2D eigenvalue weighted by Gasteiger charge is 2.16. The second kappa shape index (κ2) is 15.1. The lowest BCUT2D eigenvalue weighted by atomic mass is 9.86. The van der Waals surface area contributed by atoms with Crippen molar-refractivity contribution in [3.05, 3.63) is 54.8 Å². The molecule has 0 aromatic heterocycles. The smallest absolute Gasteiger partial charge is 0.0569 e. The summed E-state index contributed by atoms with van der Waals surface area (Å²) in [7, 11) is 4.14. The Labute approximate surface area is 167 Å². The molecule has 150 valence electrons. The minimum Gasteiger partial charge on any atom is -0.313 e. The monoisotopic (exact) mass is 369 g/mol. The summed E-state index contributed by atoms with van der Waals surface area (Å²) in [5.74, 6) is 0.581. The Morgan fingerprint density at radius 3 is 2.41 bits per heavy atom. The third-order valence-electron chi connectivity index (χ3n) is 4.68. The molecule has 0 aliphatic heterocycles. The minimum atomic E-state index is 0.269. The highest BCUT2D eigenvalue weighted by atomic mass is 15.1. The molecule has 0 heterocycles. The average molecular weight is 370 g/mol. The number of rotatable bonds is 14. The number of likely N-dealkylation sites (N-methyl/N-ethyl adjacent to an activating group) is 1. The van der Waals surface area contributed by atoms with Gasteiger partial charge in [-0.15, -0.1) is 18.9 Å². The summed E-state index contributed by atoms with van der Waals surface area (Å²) in [6, 6.07) is 0.333. The molecule has 0 aromatic carbocycles. The van der Waals surface area contributed by atoms with Crippen molar-refractivity contribution in [2.24, 2.45) is 16.8 Å². The molecular formula is C24H39N3. The zero-order valence-electron chi connectivity index (χ0n) is 18.0. The van der Waals surface area contributed by atoms with Gasteiger partial charge in [0.2, 0.25) is 0 Å². The fraction of sp³-hybridized carbons (Fsp3) is 0.542. The minimum absolute atomic E-state index is 0.269. The number of nitrogens with one attached hydrogen (secondary N) is 1. The quantitative estimate of drug-likeness (QED) is 0.177. The van der Waals surface area contributed by atoms with Crippen molar-refractivity contribution >= 4 is 11.9 Å². The highest BCUT2D eigenvalue weighted by Crippen LogP contribution is 2.24.